The topological polar surface area (TPSA) is 43.4 Å². The highest BCUT2D eigenvalue weighted by atomic mass is 32.2. The first kappa shape index (κ1) is 13.5. The highest BCUT2D eigenvalue weighted by molar-refractivity contribution is 7.91. The molecule has 2 rings (SSSR count). The van der Waals surface area contributed by atoms with Crippen LogP contribution in [0, 0.1) is 0 Å². The maximum absolute atomic E-state index is 12.2. The van der Waals surface area contributed by atoms with Crippen LogP contribution < -0.4 is 4.74 Å². The predicted octanol–water partition coefficient (Wildman–Crippen LogP) is 3.12. The van der Waals surface area contributed by atoms with Crippen molar-refractivity contribution in [2.45, 2.75) is 16.4 Å². The van der Waals surface area contributed by atoms with E-state index in [4.69, 9.17) is 0 Å². The van der Waals surface area contributed by atoms with E-state index in [0.29, 0.717) is 0 Å². The van der Waals surface area contributed by atoms with Gasteiger partial charge in [0.25, 0.3) is 0 Å². The van der Waals surface area contributed by atoms with E-state index in [1.165, 1.54) is 30.3 Å². The third kappa shape index (κ3) is 3.08. The number of benzene rings is 2. The zero-order chi connectivity index (χ0) is 13.9. The zero-order valence-electron chi connectivity index (χ0n) is 9.66. The van der Waals surface area contributed by atoms with Crippen LogP contribution >= 0.6 is 0 Å². The van der Waals surface area contributed by atoms with E-state index >= 15 is 0 Å². The minimum absolute atomic E-state index is 0.0862. The summed E-state index contributed by atoms with van der Waals surface area (Å²) in [5, 5.41) is 0. The molecule has 6 heteroatoms. The van der Waals surface area contributed by atoms with Crippen LogP contribution in [0.2, 0.25) is 0 Å². The number of alkyl halides is 2. The lowest BCUT2D eigenvalue weighted by molar-refractivity contribution is -0.0499. The molecule has 0 fully saturated rings. The monoisotopic (exact) mass is 284 g/mol. The van der Waals surface area contributed by atoms with Gasteiger partial charge in [0, 0.05) is 0 Å². The van der Waals surface area contributed by atoms with Crippen molar-refractivity contribution in [3.8, 4) is 5.75 Å². The molecule has 0 radical (unpaired) electrons. The largest absolute Gasteiger partial charge is 0.435 e. The Morgan fingerprint density at radius 3 is 2.16 bits per heavy atom. The summed E-state index contributed by atoms with van der Waals surface area (Å²) in [6.07, 6.45) is 0. The minimum Gasteiger partial charge on any atom is -0.435 e. The Labute approximate surface area is 109 Å². The van der Waals surface area contributed by atoms with E-state index < -0.39 is 16.4 Å². The van der Waals surface area contributed by atoms with Crippen LogP contribution in [0.3, 0.4) is 0 Å². The molecule has 0 saturated carbocycles. The van der Waals surface area contributed by atoms with Gasteiger partial charge in [-0.15, -0.1) is 0 Å². The van der Waals surface area contributed by atoms with E-state index in [1.807, 2.05) is 0 Å². The Bertz CT molecular complexity index is 655. The lowest BCUT2D eigenvalue weighted by Gasteiger charge is -2.07. The number of hydrogen-bond acceptors (Lipinski definition) is 3. The van der Waals surface area contributed by atoms with Crippen LogP contribution in [-0.2, 0) is 9.84 Å². The van der Waals surface area contributed by atoms with E-state index in [1.54, 1.807) is 18.2 Å². The van der Waals surface area contributed by atoms with Crippen molar-refractivity contribution >= 4 is 9.84 Å². The fraction of sp³-hybridized carbons (Fsp3) is 0.0769. The van der Waals surface area contributed by atoms with E-state index in [-0.39, 0.29) is 15.5 Å². The molecule has 0 atom stereocenters. The average Bonchev–Trinajstić information content (AvgIpc) is 2.39. The lowest BCUT2D eigenvalue weighted by Crippen LogP contribution is -2.05. The average molecular weight is 284 g/mol. The van der Waals surface area contributed by atoms with E-state index in [0.717, 1.165) is 6.07 Å². The van der Waals surface area contributed by atoms with Gasteiger partial charge in [-0.05, 0) is 30.3 Å². The number of sulfone groups is 1. The molecule has 0 aliphatic carbocycles. The molecule has 0 amide bonds. The fourth-order valence-electron chi connectivity index (χ4n) is 1.55. The molecule has 3 nitrogen and oxygen atoms in total. The molecule has 0 aromatic heterocycles. The molecule has 0 aliphatic heterocycles. The van der Waals surface area contributed by atoms with Crippen LogP contribution in [0.5, 0.6) is 5.75 Å². The molecule has 0 heterocycles. The zero-order valence-corrected chi connectivity index (χ0v) is 10.5. The molecule has 0 spiro atoms. The van der Waals surface area contributed by atoms with Crippen molar-refractivity contribution < 1.29 is 21.9 Å². The van der Waals surface area contributed by atoms with Gasteiger partial charge in [-0.25, -0.2) is 8.42 Å². The van der Waals surface area contributed by atoms with Crippen molar-refractivity contribution in [1.29, 1.82) is 0 Å². The summed E-state index contributed by atoms with van der Waals surface area (Å²) in [6, 6.07) is 12.8. The number of rotatable bonds is 4. The Morgan fingerprint density at radius 1 is 0.895 bits per heavy atom. The molecule has 2 aromatic carbocycles. The quantitative estimate of drug-likeness (QED) is 0.866. The maximum atomic E-state index is 12.2. The van der Waals surface area contributed by atoms with Crippen molar-refractivity contribution in [2.24, 2.45) is 0 Å². The first-order chi connectivity index (χ1) is 9.00. The molecule has 19 heavy (non-hydrogen) atoms. The fourth-order valence-corrected chi connectivity index (χ4v) is 2.87. The summed E-state index contributed by atoms with van der Waals surface area (Å²) in [5.41, 5.74) is 0. The molecule has 100 valence electrons. The lowest BCUT2D eigenvalue weighted by atomic mass is 10.3. The molecular formula is C13H10F2O3S. The Morgan fingerprint density at radius 2 is 1.53 bits per heavy atom. The van der Waals surface area contributed by atoms with Gasteiger partial charge in [0.1, 0.15) is 5.75 Å². The van der Waals surface area contributed by atoms with Crippen molar-refractivity contribution in [3.05, 3.63) is 54.6 Å². The summed E-state index contributed by atoms with van der Waals surface area (Å²) >= 11 is 0. The molecule has 0 bridgehead atoms. The highest BCUT2D eigenvalue weighted by Crippen LogP contribution is 2.24. The van der Waals surface area contributed by atoms with Crippen LogP contribution in [0.4, 0.5) is 8.78 Å². The van der Waals surface area contributed by atoms with Gasteiger partial charge in [-0.1, -0.05) is 24.3 Å². The normalized spacial score (nSPS) is 11.5. The second kappa shape index (κ2) is 5.36. The molecule has 0 N–H and O–H groups in total. The van der Waals surface area contributed by atoms with Gasteiger partial charge in [-0.3, -0.25) is 0 Å². The highest BCUT2D eigenvalue weighted by Gasteiger charge is 2.18. The summed E-state index contributed by atoms with van der Waals surface area (Å²) < 4.78 is 52.8. The van der Waals surface area contributed by atoms with Gasteiger partial charge in [0.2, 0.25) is 9.84 Å². The van der Waals surface area contributed by atoms with Crippen LogP contribution in [0.15, 0.2) is 64.4 Å². The summed E-state index contributed by atoms with van der Waals surface area (Å²) in [5.74, 6) is -0.188. The molecule has 0 saturated heterocycles. The van der Waals surface area contributed by atoms with Crippen LogP contribution in [0.25, 0.3) is 0 Å². The number of halogens is 2. The predicted molar refractivity (Wildman–Crippen MR) is 65.0 cm³/mol. The third-order valence-electron chi connectivity index (χ3n) is 2.39. The van der Waals surface area contributed by atoms with E-state index in [9.17, 15) is 17.2 Å². The van der Waals surface area contributed by atoms with Crippen molar-refractivity contribution in [2.75, 3.05) is 0 Å². The van der Waals surface area contributed by atoms with Crippen LogP contribution in [0.1, 0.15) is 0 Å². The molecule has 2 aromatic rings. The van der Waals surface area contributed by atoms with Gasteiger partial charge >= 0.3 is 6.61 Å². The molecular weight excluding hydrogens is 274 g/mol. The van der Waals surface area contributed by atoms with E-state index in [2.05, 4.69) is 4.74 Å². The standard InChI is InChI=1S/C13H10F2O3S/c14-13(15)18-10-5-4-8-12(9-10)19(16,17)11-6-2-1-3-7-11/h1-9,13H. The Balaban J connectivity index is 2.42. The van der Waals surface area contributed by atoms with Gasteiger partial charge < -0.3 is 4.74 Å². The number of hydrogen-bond donors (Lipinski definition) is 0. The molecule has 0 unspecified atom stereocenters. The maximum Gasteiger partial charge on any atom is 0.387 e. The van der Waals surface area contributed by atoms with Gasteiger partial charge in [0.15, 0.2) is 0 Å². The smallest absolute Gasteiger partial charge is 0.387 e. The second-order valence-corrected chi connectivity index (χ2v) is 5.62. The second-order valence-electron chi connectivity index (χ2n) is 3.67. The Hall–Kier alpha value is -1.95. The summed E-state index contributed by atoms with van der Waals surface area (Å²) in [6.45, 7) is -2.99. The van der Waals surface area contributed by atoms with Gasteiger partial charge in [0.05, 0.1) is 9.79 Å². The first-order valence-electron chi connectivity index (χ1n) is 5.35. The van der Waals surface area contributed by atoms with Gasteiger partial charge in [-0.2, -0.15) is 8.78 Å². The summed E-state index contributed by atoms with van der Waals surface area (Å²) in [7, 11) is -3.72. The Kier molecular flexibility index (Phi) is 3.80. The van der Waals surface area contributed by atoms with Crippen molar-refractivity contribution in [3.63, 3.8) is 0 Å². The molecule has 0 aliphatic rings. The SMILES string of the molecule is O=S(=O)(c1ccccc1)c1cccc(OC(F)F)c1. The van der Waals surface area contributed by atoms with Crippen molar-refractivity contribution in [1.82, 2.24) is 0 Å². The minimum atomic E-state index is -3.72. The van der Waals surface area contributed by atoms with Crippen LogP contribution in [-0.4, -0.2) is 15.0 Å². The summed E-state index contributed by atoms with van der Waals surface area (Å²) in [4.78, 5) is 0.0149. The first-order valence-corrected chi connectivity index (χ1v) is 6.83. The number of ether oxygens (including phenoxy) is 1. The third-order valence-corrected chi connectivity index (χ3v) is 4.16.